The van der Waals surface area contributed by atoms with Crippen LogP contribution in [0.1, 0.15) is 61.8 Å². The lowest BCUT2D eigenvalue weighted by atomic mass is 9.94. The fraction of sp³-hybridized carbons (Fsp3) is 0.600. The zero-order valence-corrected chi connectivity index (χ0v) is 23.8. The molecular weight excluding hydrogens is 535 g/mol. The third-order valence-electron chi connectivity index (χ3n) is 8.58. The van der Waals surface area contributed by atoms with E-state index in [-0.39, 0.29) is 36.1 Å². The number of anilines is 1. The first-order chi connectivity index (χ1) is 19.4. The molecule has 0 bridgehead atoms. The van der Waals surface area contributed by atoms with Gasteiger partial charge in [-0.3, -0.25) is 0 Å². The normalized spacial score (nSPS) is 28.5. The first kappa shape index (κ1) is 27.8. The largest absolute Gasteiger partial charge is 0.490 e. The zero-order valence-electron chi connectivity index (χ0n) is 23.1. The molecule has 40 heavy (non-hydrogen) atoms. The highest BCUT2D eigenvalue weighted by molar-refractivity contribution is 6.33. The standard InChI is InChI=1S/C30H38ClFN4O4/c1-3-19(11-18-14-38-28-25(37)15-39-27(18)28)34-29-16(2)10-22(31)30(36-29)35-24-5-4-17-12-21(13-23(32)26(17)24)40-20-6-8-33-9-7-20/h10,12-13,18,20,24-25,27-28,33,37H,3-9,11,14-15H2,1-2H3,(H,35,36)/t18?,24?,25?,27-,28-/m1/s1. The highest BCUT2D eigenvalue weighted by atomic mass is 35.5. The average Bonchev–Trinajstić information content (AvgIpc) is 3.64. The molecule has 3 unspecified atom stereocenters. The van der Waals surface area contributed by atoms with Gasteiger partial charge in [-0.2, -0.15) is 0 Å². The number of aliphatic hydroxyl groups is 1. The Bertz CT molecular complexity index is 1270. The van der Waals surface area contributed by atoms with Crippen LogP contribution in [0.15, 0.2) is 23.2 Å². The summed E-state index contributed by atoms with van der Waals surface area (Å²) in [6.45, 7) is 6.72. The van der Waals surface area contributed by atoms with Crippen molar-refractivity contribution < 1.29 is 23.7 Å². The fourth-order valence-corrected chi connectivity index (χ4v) is 6.67. The number of aryl methyl sites for hydroxylation is 2. The Morgan fingerprint density at radius 3 is 2.80 bits per heavy atom. The first-order valence-corrected chi connectivity index (χ1v) is 14.9. The SMILES string of the molecule is CCC(CC1CO[C@@H]2C(O)CO[C@H]12)=Nc1nc(NC2CCc3cc(OC4CCNCC4)cc(F)c32)c(Cl)cc1C. The number of nitrogens with one attached hydrogen (secondary N) is 2. The van der Waals surface area contributed by atoms with Crippen LogP contribution in [0.2, 0.25) is 5.02 Å². The van der Waals surface area contributed by atoms with E-state index in [2.05, 4.69) is 17.6 Å². The van der Waals surface area contributed by atoms with Gasteiger partial charge in [-0.25, -0.2) is 14.4 Å². The van der Waals surface area contributed by atoms with Gasteiger partial charge in [-0.05, 0) is 81.8 Å². The lowest BCUT2D eigenvalue weighted by Gasteiger charge is -2.24. The summed E-state index contributed by atoms with van der Waals surface area (Å²) in [4.78, 5) is 9.70. The lowest BCUT2D eigenvalue weighted by Crippen LogP contribution is -2.34. The number of piperidine rings is 1. The molecule has 0 saturated carbocycles. The van der Waals surface area contributed by atoms with Crippen molar-refractivity contribution in [1.82, 2.24) is 10.3 Å². The topological polar surface area (TPSA) is 97.2 Å². The Balaban J connectivity index is 1.18. The highest BCUT2D eigenvalue weighted by Crippen LogP contribution is 2.40. The van der Waals surface area contributed by atoms with Crippen LogP contribution in [0.3, 0.4) is 0 Å². The van der Waals surface area contributed by atoms with E-state index in [0.29, 0.717) is 47.6 Å². The van der Waals surface area contributed by atoms with Crippen molar-refractivity contribution in [3.8, 4) is 5.75 Å². The van der Waals surface area contributed by atoms with Gasteiger partial charge in [0.2, 0.25) is 0 Å². The van der Waals surface area contributed by atoms with Crippen molar-refractivity contribution >= 4 is 28.9 Å². The Morgan fingerprint density at radius 2 is 2.00 bits per heavy atom. The lowest BCUT2D eigenvalue weighted by molar-refractivity contribution is 0.0170. The van der Waals surface area contributed by atoms with Gasteiger partial charge in [0.05, 0.1) is 30.4 Å². The number of halogens is 2. The second kappa shape index (κ2) is 11.9. The van der Waals surface area contributed by atoms with Crippen molar-refractivity contribution in [3.05, 3.63) is 45.7 Å². The number of ether oxygens (including phenoxy) is 3. The predicted molar refractivity (Wildman–Crippen MR) is 153 cm³/mol. The van der Waals surface area contributed by atoms with Crippen LogP contribution in [0, 0.1) is 18.7 Å². The van der Waals surface area contributed by atoms with Gasteiger partial charge in [-0.1, -0.05) is 18.5 Å². The van der Waals surface area contributed by atoms with Crippen molar-refractivity contribution in [3.63, 3.8) is 0 Å². The van der Waals surface area contributed by atoms with E-state index in [9.17, 15) is 5.11 Å². The number of fused-ring (bicyclic) bond motifs is 2. The number of benzene rings is 1. The summed E-state index contributed by atoms with van der Waals surface area (Å²) in [6.07, 6.45) is 4.01. The minimum Gasteiger partial charge on any atom is -0.490 e. The summed E-state index contributed by atoms with van der Waals surface area (Å²) >= 11 is 6.61. The van der Waals surface area contributed by atoms with Gasteiger partial charge in [0, 0.05) is 23.3 Å². The molecule has 0 spiro atoms. The maximum atomic E-state index is 15.4. The second-order valence-corrected chi connectivity index (χ2v) is 11.8. The van der Waals surface area contributed by atoms with Crippen molar-refractivity contribution in [2.24, 2.45) is 10.9 Å². The number of rotatable bonds is 8. The number of aromatic nitrogens is 1. The molecule has 216 valence electrons. The van der Waals surface area contributed by atoms with E-state index >= 15 is 4.39 Å². The summed E-state index contributed by atoms with van der Waals surface area (Å²) in [5.41, 5.74) is 3.48. The summed E-state index contributed by atoms with van der Waals surface area (Å²) in [5, 5.41) is 17.3. The Morgan fingerprint density at radius 1 is 1.20 bits per heavy atom. The van der Waals surface area contributed by atoms with E-state index in [0.717, 1.165) is 62.0 Å². The number of aliphatic imine (C=N–C) groups is 1. The molecule has 0 amide bonds. The van der Waals surface area contributed by atoms with Gasteiger partial charge in [0.25, 0.3) is 0 Å². The van der Waals surface area contributed by atoms with Gasteiger partial charge in [-0.15, -0.1) is 0 Å². The molecule has 4 heterocycles. The summed E-state index contributed by atoms with van der Waals surface area (Å²) < 4.78 is 33.1. The number of hydrogen-bond donors (Lipinski definition) is 3. The van der Waals surface area contributed by atoms with Gasteiger partial charge >= 0.3 is 0 Å². The monoisotopic (exact) mass is 572 g/mol. The molecule has 1 aliphatic carbocycles. The highest BCUT2D eigenvalue weighted by Gasteiger charge is 2.47. The summed E-state index contributed by atoms with van der Waals surface area (Å²) in [6, 6.07) is 5.12. The van der Waals surface area contributed by atoms with Gasteiger partial charge in [0.1, 0.15) is 35.7 Å². The third kappa shape index (κ3) is 5.72. The summed E-state index contributed by atoms with van der Waals surface area (Å²) in [5.74, 6) is 1.59. The molecule has 3 fully saturated rings. The van der Waals surface area contributed by atoms with Gasteiger partial charge in [0.15, 0.2) is 5.82 Å². The van der Waals surface area contributed by atoms with E-state index in [1.54, 1.807) is 0 Å². The Labute approximate surface area is 239 Å². The minimum atomic E-state index is -0.565. The molecular formula is C30H38ClFN4O4. The maximum Gasteiger partial charge on any atom is 0.157 e. The van der Waals surface area contributed by atoms with Gasteiger partial charge < -0.3 is 30.0 Å². The molecule has 1 aromatic heterocycles. The van der Waals surface area contributed by atoms with Crippen LogP contribution in [0.25, 0.3) is 0 Å². The van der Waals surface area contributed by atoms with Crippen LogP contribution in [0.4, 0.5) is 16.0 Å². The Hall–Kier alpha value is -2.30. The molecule has 10 heteroatoms. The maximum absolute atomic E-state index is 15.4. The molecule has 2 aromatic rings. The van der Waals surface area contributed by atoms with Crippen LogP contribution in [0.5, 0.6) is 5.75 Å². The smallest absolute Gasteiger partial charge is 0.157 e. The summed E-state index contributed by atoms with van der Waals surface area (Å²) in [7, 11) is 0. The van der Waals surface area contributed by atoms with E-state index in [4.69, 9.17) is 35.8 Å². The number of pyridine rings is 1. The molecule has 3 N–H and O–H groups in total. The molecule has 3 saturated heterocycles. The number of nitrogens with zero attached hydrogens (tertiary/aromatic N) is 2. The van der Waals surface area contributed by atoms with Crippen molar-refractivity contribution in [2.75, 3.05) is 31.6 Å². The fourth-order valence-electron chi connectivity index (χ4n) is 6.41. The Kier molecular flexibility index (Phi) is 8.28. The molecule has 1 aromatic carbocycles. The number of aliphatic hydroxyl groups excluding tert-OH is 1. The van der Waals surface area contributed by atoms with E-state index in [1.165, 1.54) is 6.07 Å². The number of hydrogen-bond acceptors (Lipinski definition) is 8. The average molecular weight is 573 g/mol. The molecule has 3 aliphatic heterocycles. The molecule has 0 radical (unpaired) electrons. The zero-order chi connectivity index (χ0) is 27.8. The van der Waals surface area contributed by atoms with Crippen molar-refractivity contribution in [2.45, 2.75) is 82.8 Å². The van der Waals surface area contributed by atoms with Crippen LogP contribution in [-0.2, 0) is 15.9 Å². The first-order valence-electron chi connectivity index (χ1n) is 14.5. The molecule has 5 atom stereocenters. The second-order valence-electron chi connectivity index (χ2n) is 11.4. The molecule has 4 aliphatic rings. The minimum absolute atomic E-state index is 0.105. The van der Waals surface area contributed by atoms with Crippen LogP contribution < -0.4 is 15.4 Å². The molecule has 8 nitrogen and oxygen atoms in total. The van der Waals surface area contributed by atoms with Crippen LogP contribution in [-0.4, -0.2) is 66.5 Å². The third-order valence-corrected chi connectivity index (χ3v) is 8.87. The van der Waals surface area contributed by atoms with Crippen molar-refractivity contribution in [1.29, 1.82) is 0 Å². The quantitative estimate of drug-likeness (QED) is 0.380. The molecule has 6 rings (SSSR count). The van der Waals surface area contributed by atoms with E-state index in [1.807, 2.05) is 19.1 Å². The predicted octanol–water partition coefficient (Wildman–Crippen LogP) is 5.06. The van der Waals surface area contributed by atoms with Crippen LogP contribution >= 0.6 is 11.6 Å². The van der Waals surface area contributed by atoms with E-state index < -0.39 is 6.10 Å².